The maximum atomic E-state index is 15.6. The topological polar surface area (TPSA) is 111 Å². The number of pyridine rings is 2. The van der Waals surface area contributed by atoms with Gasteiger partial charge in [-0.05, 0) is 62.9 Å². The van der Waals surface area contributed by atoms with Crippen molar-refractivity contribution in [2.45, 2.75) is 50.6 Å². The van der Waals surface area contributed by atoms with E-state index in [1.54, 1.807) is 37.6 Å². The Morgan fingerprint density at radius 3 is 2.69 bits per heavy atom. The number of imidazole rings is 1. The highest BCUT2D eigenvalue weighted by Gasteiger charge is 2.43. The molecule has 11 heteroatoms. The molecule has 0 saturated carbocycles. The molecule has 6 heterocycles. The molecule has 5 aromatic rings. The highest BCUT2D eigenvalue weighted by atomic mass is 19.1. The molecule has 3 atom stereocenters. The summed E-state index contributed by atoms with van der Waals surface area (Å²) >= 11 is 0. The second-order valence-corrected chi connectivity index (χ2v) is 11.0. The van der Waals surface area contributed by atoms with E-state index in [2.05, 4.69) is 31.8 Å². The van der Waals surface area contributed by atoms with Gasteiger partial charge in [-0.2, -0.15) is 0 Å². The summed E-state index contributed by atoms with van der Waals surface area (Å²) in [5.74, 6) is 1.02. The van der Waals surface area contributed by atoms with E-state index in [0.717, 1.165) is 37.0 Å². The third-order valence-corrected chi connectivity index (χ3v) is 8.43. The number of anilines is 2. The minimum atomic E-state index is -0.460. The van der Waals surface area contributed by atoms with Crippen molar-refractivity contribution in [1.82, 2.24) is 34.4 Å². The molecule has 1 N–H and O–H groups in total. The molecule has 0 unspecified atom stereocenters. The van der Waals surface area contributed by atoms with Crippen LogP contribution in [0.3, 0.4) is 0 Å². The summed E-state index contributed by atoms with van der Waals surface area (Å²) in [6.45, 7) is 5.33. The Kier molecular flexibility index (Phi) is 6.29. The maximum Gasteiger partial charge on any atom is 0.246 e. The van der Waals surface area contributed by atoms with E-state index >= 15 is 4.39 Å². The van der Waals surface area contributed by atoms with E-state index in [-0.39, 0.29) is 29.6 Å². The molecule has 42 heavy (non-hydrogen) atoms. The number of carbonyl (C=O) groups is 1. The number of amides is 1. The maximum absolute atomic E-state index is 15.6. The lowest BCUT2D eigenvalue weighted by molar-refractivity contribution is -0.130. The Morgan fingerprint density at radius 1 is 1.10 bits per heavy atom. The van der Waals surface area contributed by atoms with Gasteiger partial charge in [-0.1, -0.05) is 6.58 Å². The molecule has 2 saturated heterocycles. The van der Waals surface area contributed by atoms with Crippen molar-refractivity contribution in [3.8, 4) is 11.5 Å². The van der Waals surface area contributed by atoms with Crippen LogP contribution < -0.4 is 10.1 Å². The molecule has 2 aliphatic rings. The smallest absolute Gasteiger partial charge is 0.246 e. The van der Waals surface area contributed by atoms with Gasteiger partial charge in [0.2, 0.25) is 5.91 Å². The standard InChI is InChI=1S/C31H29FN8O2/c1-4-27(41)40-19-5-6-20(40)12-18(11-19)22-7-8-24-29(37-22)30(35-15-34-24)38-23-9-10-26(17(2)28(23)32)42-21-13-25-31(33-14-21)39(3)16-36-25/h4,7-10,13-16,18-20H,1,5-6,11-12H2,2-3H3,(H,34,35,38)/t18-,19+,20-. The van der Waals surface area contributed by atoms with Gasteiger partial charge in [0.05, 0.1) is 23.7 Å². The summed E-state index contributed by atoms with van der Waals surface area (Å²) in [5, 5.41) is 3.13. The molecule has 1 amide bonds. The molecule has 0 aliphatic carbocycles. The largest absolute Gasteiger partial charge is 0.455 e. The molecule has 212 valence electrons. The number of rotatable bonds is 6. The van der Waals surface area contributed by atoms with Gasteiger partial charge in [-0.25, -0.2) is 29.3 Å². The van der Waals surface area contributed by atoms with Crippen molar-refractivity contribution >= 4 is 39.6 Å². The molecule has 2 fully saturated rings. The van der Waals surface area contributed by atoms with Gasteiger partial charge in [-0.15, -0.1) is 0 Å². The molecule has 2 bridgehead atoms. The number of carbonyl (C=O) groups excluding carboxylic acids is 1. The Labute approximate surface area is 241 Å². The predicted molar refractivity (Wildman–Crippen MR) is 156 cm³/mol. The Morgan fingerprint density at radius 2 is 1.90 bits per heavy atom. The van der Waals surface area contributed by atoms with Gasteiger partial charge in [0.15, 0.2) is 17.3 Å². The zero-order valence-corrected chi connectivity index (χ0v) is 23.3. The number of hydrogen-bond acceptors (Lipinski definition) is 8. The molecule has 0 radical (unpaired) electrons. The summed E-state index contributed by atoms with van der Waals surface area (Å²) in [7, 11) is 1.87. The molecule has 10 nitrogen and oxygen atoms in total. The van der Waals surface area contributed by atoms with E-state index in [1.165, 1.54) is 12.4 Å². The van der Waals surface area contributed by atoms with E-state index in [9.17, 15) is 4.79 Å². The number of fused-ring (bicyclic) bond motifs is 4. The summed E-state index contributed by atoms with van der Waals surface area (Å²) in [5.41, 5.74) is 4.18. The van der Waals surface area contributed by atoms with Crippen LogP contribution in [0, 0.1) is 12.7 Å². The van der Waals surface area contributed by atoms with Gasteiger partial charge in [0.25, 0.3) is 0 Å². The quantitative estimate of drug-likeness (QED) is 0.261. The second-order valence-electron chi connectivity index (χ2n) is 11.0. The summed E-state index contributed by atoms with van der Waals surface area (Å²) in [6.07, 6.45) is 9.82. The summed E-state index contributed by atoms with van der Waals surface area (Å²) in [4.78, 5) is 36.8. The zero-order valence-electron chi connectivity index (χ0n) is 23.3. The molecule has 0 spiro atoms. The number of halogens is 1. The number of nitrogens with one attached hydrogen (secondary N) is 1. The van der Waals surface area contributed by atoms with E-state index in [0.29, 0.717) is 39.4 Å². The van der Waals surface area contributed by atoms with Crippen LogP contribution in [-0.2, 0) is 11.8 Å². The number of nitrogens with zero attached hydrogens (tertiary/aromatic N) is 7. The van der Waals surface area contributed by atoms with Gasteiger partial charge in [0.1, 0.15) is 28.9 Å². The SMILES string of the molecule is C=CC(=O)N1[C@@H]2CC[C@H]1C[C@@H](c1ccc3ncnc(Nc4ccc(Oc5cnc6c(c5)ncn6C)c(C)c4F)c3n1)C2. The van der Waals surface area contributed by atoms with Crippen molar-refractivity contribution in [2.75, 3.05) is 5.32 Å². The lowest BCUT2D eigenvalue weighted by Gasteiger charge is -2.38. The number of hydrogen-bond donors (Lipinski definition) is 1. The third kappa shape index (κ3) is 4.41. The minimum Gasteiger partial charge on any atom is -0.455 e. The third-order valence-electron chi connectivity index (χ3n) is 8.43. The number of piperidine rings is 1. The number of aromatic nitrogens is 6. The monoisotopic (exact) mass is 564 g/mol. The molecule has 1 aromatic carbocycles. The Bertz CT molecular complexity index is 1860. The molecule has 2 aliphatic heterocycles. The lowest BCUT2D eigenvalue weighted by Crippen LogP contribution is -2.45. The number of ether oxygens (including phenoxy) is 1. The minimum absolute atomic E-state index is 0.00647. The van der Waals surface area contributed by atoms with Crippen LogP contribution in [0.25, 0.3) is 22.2 Å². The second kappa shape index (κ2) is 10.2. The highest BCUT2D eigenvalue weighted by molar-refractivity contribution is 5.88. The van der Waals surface area contributed by atoms with Crippen LogP contribution in [0.5, 0.6) is 11.5 Å². The average Bonchev–Trinajstić information content (AvgIpc) is 3.51. The summed E-state index contributed by atoms with van der Waals surface area (Å²) < 4.78 is 23.4. The van der Waals surface area contributed by atoms with E-state index < -0.39 is 5.82 Å². The van der Waals surface area contributed by atoms with Gasteiger partial charge in [0, 0.05) is 42.4 Å². The first-order valence-corrected chi connectivity index (χ1v) is 14.0. The van der Waals surface area contributed by atoms with Gasteiger partial charge >= 0.3 is 0 Å². The molecule has 4 aromatic heterocycles. The van der Waals surface area contributed by atoms with Crippen LogP contribution in [0.15, 0.2) is 61.8 Å². The lowest BCUT2D eigenvalue weighted by atomic mass is 9.87. The number of benzene rings is 1. The van der Waals surface area contributed by atoms with Crippen molar-refractivity contribution in [3.63, 3.8) is 0 Å². The number of aryl methyl sites for hydroxylation is 1. The fourth-order valence-electron chi connectivity index (χ4n) is 6.34. The first-order valence-electron chi connectivity index (χ1n) is 14.0. The van der Waals surface area contributed by atoms with Crippen LogP contribution in [0.1, 0.15) is 42.9 Å². The van der Waals surface area contributed by atoms with Crippen molar-refractivity contribution in [2.24, 2.45) is 7.05 Å². The normalized spacial score (nSPS) is 19.8. The zero-order chi connectivity index (χ0) is 29.0. The van der Waals surface area contributed by atoms with Gasteiger partial charge < -0.3 is 19.5 Å². The predicted octanol–water partition coefficient (Wildman–Crippen LogP) is 5.71. The molecule has 7 rings (SSSR count). The van der Waals surface area contributed by atoms with Crippen molar-refractivity contribution < 1.29 is 13.9 Å². The van der Waals surface area contributed by atoms with Crippen LogP contribution in [-0.4, -0.2) is 52.4 Å². The van der Waals surface area contributed by atoms with Gasteiger partial charge in [-0.3, -0.25) is 4.79 Å². The van der Waals surface area contributed by atoms with Crippen LogP contribution in [0.4, 0.5) is 15.9 Å². The average molecular weight is 565 g/mol. The first kappa shape index (κ1) is 26.0. The molecular formula is C31H29FN8O2. The van der Waals surface area contributed by atoms with Crippen LogP contribution in [0.2, 0.25) is 0 Å². The van der Waals surface area contributed by atoms with Crippen molar-refractivity contribution in [1.29, 1.82) is 0 Å². The van der Waals surface area contributed by atoms with E-state index in [1.807, 2.05) is 28.6 Å². The first-order chi connectivity index (χ1) is 20.4. The summed E-state index contributed by atoms with van der Waals surface area (Å²) in [6, 6.07) is 9.42. The Hall–Kier alpha value is -4.93. The fourth-order valence-corrected chi connectivity index (χ4v) is 6.34. The highest BCUT2D eigenvalue weighted by Crippen LogP contribution is 2.43. The van der Waals surface area contributed by atoms with Crippen LogP contribution >= 0.6 is 0 Å². The Balaban J connectivity index is 1.14. The van der Waals surface area contributed by atoms with E-state index in [4.69, 9.17) is 9.72 Å². The molecular weight excluding hydrogens is 535 g/mol. The van der Waals surface area contributed by atoms with Crippen molar-refractivity contribution in [3.05, 3.63) is 78.9 Å². The fraction of sp³-hybridized carbons (Fsp3) is 0.290.